The highest BCUT2D eigenvalue weighted by Crippen LogP contribution is 2.15. The molecule has 0 aliphatic heterocycles. The van der Waals surface area contributed by atoms with E-state index in [0.717, 1.165) is 43.0 Å². The summed E-state index contributed by atoms with van der Waals surface area (Å²) in [7, 11) is 4.06. The van der Waals surface area contributed by atoms with Crippen molar-refractivity contribution >= 4 is 11.1 Å². The molecule has 0 aliphatic rings. The van der Waals surface area contributed by atoms with Crippen molar-refractivity contribution < 1.29 is 4.42 Å². The molecular formula is C13H19N3O. The molecule has 0 aliphatic carbocycles. The zero-order valence-corrected chi connectivity index (χ0v) is 10.4. The summed E-state index contributed by atoms with van der Waals surface area (Å²) in [6, 6.07) is 7.87. The van der Waals surface area contributed by atoms with Crippen LogP contribution in [0.25, 0.3) is 11.1 Å². The first-order valence-electron chi connectivity index (χ1n) is 5.97. The summed E-state index contributed by atoms with van der Waals surface area (Å²) < 4.78 is 5.68. The Labute approximate surface area is 102 Å². The molecule has 0 radical (unpaired) electrons. The number of oxazole rings is 1. The number of fused-ring (bicyclic) bond motifs is 1. The molecule has 0 amide bonds. The highest BCUT2D eigenvalue weighted by atomic mass is 16.3. The van der Waals surface area contributed by atoms with E-state index in [0.29, 0.717) is 0 Å². The molecule has 92 valence electrons. The quantitative estimate of drug-likeness (QED) is 0.773. The maximum atomic E-state index is 5.68. The number of nitrogens with one attached hydrogen (secondary N) is 1. The Kier molecular flexibility index (Phi) is 4.12. The molecule has 0 spiro atoms. The molecule has 0 saturated carbocycles. The Hall–Kier alpha value is -1.39. The van der Waals surface area contributed by atoms with Crippen LogP contribution in [0.1, 0.15) is 12.3 Å². The number of benzene rings is 1. The SMILES string of the molecule is CNCCCN(C)Cc1nc2ccccc2o1. The van der Waals surface area contributed by atoms with Crippen molar-refractivity contribution in [2.75, 3.05) is 27.2 Å². The standard InChI is InChI=1S/C13H19N3O/c1-14-8-5-9-16(2)10-13-15-11-6-3-4-7-12(11)17-13/h3-4,6-7,14H,5,8-10H2,1-2H3. The lowest BCUT2D eigenvalue weighted by Gasteiger charge is -2.13. The van der Waals surface area contributed by atoms with Crippen LogP contribution in [0.4, 0.5) is 0 Å². The van der Waals surface area contributed by atoms with E-state index in [4.69, 9.17) is 4.42 Å². The summed E-state index contributed by atoms with van der Waals surface area (Å²) in [6.45, 7) is 2.84. The monoisotopic (exact) mass is 233 g/mol. The second-order valence-electron chi connectivity index (χ2n) is 4.27. The van der Waals surface area contributed by atoms with Crippen molar-refractivity contribution in [2.45, 2.75) is 13.0 Å². The first-order valence-corrected chi connectivity index (χ1v) is 5.97. The third kappa shape index (κ3) is 3.28. The molecule has 2 rings (SSSR count). The molecule has 0 bridgehead atoms. The van der Waals surface area contributed by atoms with Gasteiger partial charge in [0.25, 0.3) is 0 Å². The Morgan fingerprint density at radius 1 is 1.35 bits per heavy atom. The van der Waals surface area contributed by atoms with Crippen LogP contribution in [0.15, 0.2) is 28.7 Å². The molecule has 2 aromatic rings. The maximum absolute atomic E-state index is 5.68. The first kappa shape index (κ1) is 12.1. The number of hydrogen-bond acceptors (Lipinski definition) is 4. The summed E-state index contributed by atoms with van der Waals surface area (Å²) in [5.41, 5.74) is 1.80. The molecule has 1 aromatic carbocycles. The minimum absolute atomic E-state index is 0.762. The van der Waals surface area contributed by atoms with Crippen LogP contribution in [-0.4, -0.2) is 37.1 Å². The second kappa shape index (κ2) is 5.80. The van der Waals surface area contributed by atoms with E-state index in [1.807, 2.05) is 31.3 Å². The molecular weight excluding hydrogens is 214 g/mol. The van der Waals surface area contributed by atoms with Crippen molar-refractivity contribution in [1.82, 2.24) is 15.2 Å². The highest BCUT2D eigenvalue weighted by molar-refractivity contribution is 5.72. The zero-order valence-electron chi connectivity index (χ0n) is 10.4. The fraction of sp³-hybridized carbons (Fsp3) is 0.462. The van der Waals surface area contributed by atoms with Crippen LogP contribution in [0.2, 0.25) is 0 Å². The molecule has 4 nitrogen and oxygen atoms in total. The first-order chi connectivity index (χ1) is 8.29. The smallest absolute Gasteiger partial charge is 0.209 e. The van der Waals surface area contributed by atoms with Gasteiger partial charge in [-0.25, -0.2) is 4.98 Å². The minimum Gasteiger partial charge on any atom is -0.439 e. The topological polar surface area (TPSA) is 41.3 Å². The fourth-order valence-electron chi connectivity index (χ4n) is 1.82. The van der Waals surface area contributed by atoms with E-state index < -0.39 is 0 Å². The van der Waals surface area contributed by atoms with Gasteiger partial charge in [-0.05, 0) is 45.7 Å². The van der Waals surface area contributed by atoms with E-state index in [1.165, 1.54) is 0 Å². The number of para-hydroxylation sites is 2. The lowest BCUT2D eigenvalue weighted by Crippen LogP contribution is -2.22. The third-order valence-electron chi connectivity index (χ3n) is 2.71. The van der Waals surface area contributed by atoms with E-state index in [-0.39, 0.29) is 0 Å². The van der Waals surface area contributed by atoms with Gasteiger partial charge >= 0.3 is 0 Å². The van der Waals surface area contributed by atoms with Crippen LogP contribution in [0, 0.1) is 0 Å². The van der Waals surface area contributed by atoms with Gasteiger partial charge in [0, 0.05) is 0 Å². The van der Waals surface area contributed by atoms with Gasteiger partial charge in [0.15, 0.2) is 5.58 Å². The lowest BCUT2D eigenvalue weighted by molar-refractivity contribution is 0.288. The fourth-order valence-corrected chi connectivity index (χ4v) is 1.82. The molecule has 4 heteroatoms. The van der Waals surface area contributed by atoms with Crippen LogP contribution < -0.4 is 5.32 Å². The molecule has 0 fully saturated rings. The number of rotatable bonds is 6. The maximum Gasteiger partial charge on any atom is 0.209 e. The van der Waals surface area contributed by atoms with Gasteiger partial charge in [-0.1, -0.05) is 12.1 Å². The van der Waals surface area contributed by atoms with Crippen LogP contribution in [0.5, 0.6) is 0 Å². The number of hydrogen-bond donors (Lipinski definition) is 1. The number of nitrogens with zero attached hydrogens (tertiary/aromatic N) is 2. The normalized spacial score (nSPS) is 11.5. The zero-order chi connectivity index (χ0) is 12.1. The van der Waals surface area contributed by atoms with Crippen molar-refractivity contribution in [1.29, 1.82) is 0 Å². The average Bonchev–Trinajstić information content (AvgIpc) is 2.71. The summed E-state index contributed by atoms with van der Waals surface area (Å²) in [4.78, 5) is 6.68. The summed E-state index contributed by atoms with van der Waals surface area (Å²) in [6.07, 6.45) is 1.13. The Balaban J connectivity index is 1.93. The van der Waals surface area contributed by atoms with Gasteiger partial charge in [0.2, 0.25) is 5.89 Å². The van der Waals surface area contributed by atoms with Crippen molar-refractivity contribution in [3.63, 3.8) is 0 Å². The van der Waals surface area contributed by atoms with E-state index >= 15 is 0 Å². The molecule has 1 N–H and O–H groups in total. The molecule has 0 unspecified atom stereocenters. The molecule has 0 atom stereocenters. The third-order valence-corrected chi connectivity index (χ3v) is 2.71. The predicted octanol–water partition coefficient (Wildman–Crippen LogP) is 1.87. The van der Waals surface area contributed by atoms with Gasteiger partial charge in [-0.2, -0.15) is 0 Å². The van der Waals surface area contributed by atoms with Gasteiger partial charge in [0.1, 0.15) is 5.52 Å². The van der Waals surface area contributed by atoms with Gasteiger partial charge in [0.05, 0.1) is 6.54 Å². The molecule has 17 heavy (non-hydrogen) atoms. The molecule has 1 heterocycles. The summed E-state index contributed by atoms with van der Waals surface area (Å²) in [5, 5.41) is 3.14. The van der Waals surface area contributed by atoms with E-state index in [1.54, 1.807) is 0 Å². The largest absolute Gasteiger partial charge is 0.439 e. The summed E-state index contributed by atoms with van der Waals surface area (Å²) >= 11 is 0. The Bertz CT molecular complexity index is 433. The molecule has 0 saturated heterocycles. The summed E-state index contributed by atoms with van der Waals surface area (Å²) in [5.74, 6) is 0.790. The van der Waals surface area contributed by atoms with Crippen LogP contribution in [0.3, 0.4) is 0 Å². The predicted molar refractivity (Wildman–Crippen MR) is 68.9 cm³/mol. The van der Waals surface area contributed by atoms with Gasteiger partial charge < -0.3 is 9.73 Å². The lowest BCUT2D eigenvalue weighted by atomic mass is 10.3. The van der Waals surface area contributed by atoms with E-state index in [9.17, 15) is 0 Å². The average molecular weight is 233 g/mol. The van der Waals surface area contributed by atoms with Crippen molar-refractivity contribution in [3.05, 3.63) is 30.2 Å². The van der Waals surface area contributed by atoms with Crippen molar-refractivity contribution in [2.24, 2.45) is 0 Å². The van der Waals surface area contributed by atoms with Crippen molar-refractivity contribution in [3.8, 4) is 0 Å². The van der Waals surface area contributed by atoms with Gasteiger partial charge in [-0.3, -0.25) is 4.90 Å². The highest BCUT2D eigenvalue weighted by Gasteiger charge is 2.07. The van der Waals surface area contributed by atoms with Gasteiger partial charge in [-0.15, -0.1) is 0 Å². The van der Waals surface area contributed by atoms with E-state index in [2.05, 4.69) is 22.2 Å². The Morgan fingerprint density at radius 2 is 2.18 bits per heavy atom. The minimum atomic E-state index is 0.762. The molecule has 1 aromatic heterocycles. The Morgan fingerprint density at radius 3 is 2.94 bits per heavy atom. The van der Waals surface area contributed by atoms with Crippen LogP contribution >= 0.6 is 0 Å². The van der Waals surface area contributed by atoms with Crippen LogP contribution in [-0.2, 0) is 6.54 Å². The number of aromatic nitrogens is 1. The second-order valence-corrected chi connectivity index (χ2v) is 4.27.